The summed E-state index contributed by atoms with van der Waals surface area (Å²) < 4.78 is 57.9. The van der Waals surface area contributed by atoms with E-state index >= 15 is 0 Å². The van der Waals surface area contributed by atoms with Gasteiger partial charge in [0.25, 0.3) is 0 Å². The summed E-state index contributed by atoms with van der Waals surface area (Å²) in [7, 11) is 0. The number of benzene rings is 2. The van der Waals surface area contributed by atoms with Crippen molar-refractivity contribution in [3.05, 3.63) is 71.6 Å². The molecule has 0 aliphatic carbocycles. The fraction of sp³-hybridized carbons (Fsp3) is 0.308. The van der Waals surface area contributed by atoms with E-state index in [0.717, 1.165) is 18.2 Å². The topological polar surface area (TPSA) is 75.0 Å². The fourth-order valence-corrected chi connectivity index (χ4v) is 3.92. The lowest BCUT2D eigenvalue weighted by Crippen LogP contribution is -2.40. The molecule has 0 radical (unpaired) electrons. The van der Waals surface area contributed by atoms with Crippen molar-refractivity contribution >= 4 is 16.9 Å². The molecule has 0 aliphatic heterocycles. The molecule has 3 rings (SSSR count). The molecule has 1 aromatic heterocycles. The zero-order valence-corrected chi connectivity index (χ0v) is 19.7. The molecule has 0 unspecified atom stereocenters. The molecule has 0 saturated heterocycles. The molecule has 6 nitrogen and oxygen atoms in total. The van der Waals surface area contributed by atoms with Crippen LogP contribution in [0.1, 0.15) is 34.1 Å². The summed E-state index contributed by atoms with van der Waals surface area (Å²) in [6, 6.07) is 11.5. The SMILES string of the molecule is C=CC(=O)OC(C)(C)CC(C)(C)Oc1ccc2cc(-c3ccc(OC(F)(F)F)cc3)c(=O)oc2c1. The largest absolute Gasteiger partial charge is 0.573 e. The second-order valence-corrected chi connectivity index (χ2v) is 9.14. The lowest BCUT2D eigenvalue weighted by atomic mass is 9.92. The molecular formula is C26H25F3O6. The number of carbonyl (C=O) groups is 1. The number of ether oxygens (including phenoxy) is 3. The highest BCUT2D eigenvalue weighted by atomic mass is 19.4. The Bertz CT molecular complexity index is 1290. The number of esters is 1. The van der Waals surface area contributed by atoms with Gasteiger partial charge in [0.2, 0.25) is 0 Å². The van der Waals surface area contributed by atoms with Crippen molar-refractivity contribution in [3.63, 3.8) is 0 Å². The quantitative estimate of drug-likeness (QED) is 0.206. The summed E-state index contributed by atoms with van der Waals surface area (Å²) in [5.41, 5.74) is -1.35. The summed E-state index contributed by atoms with van der Waals surface area (Å²) in [4.78, 5) is 24.2. The molecule has 1 heterocycles. The molecule has 0 aliphatic rings. The van der Waals surface area contributed by atoms with E-state index in [1.807, 2.05) is 13.8 Å². The van der Waals surface area contributed by atoms with Gasteiger partial charge in [-0.2, -0.15) is 0 Å². The average Bonchev–Trinajstić information content (AvgIpc) is 2.71. The van der Waals surface area contributed by atoms with E-state index < -0.39 is 34.9 Å². The zero-order chi connectivity index (χ0) is 26.0. The molecular weight excluding hydrogens is 465 g/mol. The number of rotatable bonds is 8. The molecule has 35 heavy (non-hydrogen) atoms. The lowest BCUT2D eigenvalue weighted by Gasteiger charge is -2.34. The summed E-state index contributed by atoms with van der Waals surface area (Å²) in [5.74, 6) is -0.479. The van der Waals surface area contributed by atoms with Gasteiger partial charge in [-0.1, -0.05) is 18.7 Å². The molecule has 0 saturated carbocycles. The van der Waals surface area contributed by atoms with Crippen LogP contribution in [0.25, 0.3) is 22.1 Å². The van der Waals surface area contributed by atoms with Crippen LogP contribution >= 0.6 is 0 Å². The average molecular weight is 490 g/mol. The van der Waals surface area contributed by atoms with E-state index in [1.165, 1.54) is 12.1 Å². The van der Waals surface area contributed by atoms with Gasteiger partial charge in [-0.25, -0.2) is 9.59 Å². The zero-order valence-electron chi connectivity index (χ0n) is 19.7. The van der Waals surface area contributed by atoms with Crippen molar-refractivity contribution < 1.29 is 36.6 Å². The van der Waals surface area contributed by atoms with Crippen LogP contribution in [0.5, 0.6) is 11.5 Å². The molecule has 2 aromatic carbocycles. The van der Waals surface area contributed by atoms with Crippen LogP contribution in [0.15, 0.2) is 70.4 Å². The Labute approximate surface area is 199 Å². The second-order valence-electron chi connectivity index (χ2n) is 9.14. The Kier molecular flexibility index (Phi) is 7.01. The maximum atomic E-state index is 12.6. The van der Waals surface area contributed by atoms with Gasteiger partial charge in [-0.15, -0.1) is 13.2 Å². The minimum Gasteiger partial charge on any atom is -0.488 e. The highest BCUT2D eigenvalue weighted by molar-refractivity contribution is 5.83. The molecule has 3 aromatic rings. The Morgan fingerprint density at radius 1 is 0.943 bits per heavy atom. The monoisotopic (exact) mass is 490 g/mol. The minimum atomic E-state index is -4.80. The summed E-state index contributed by atoms with van der Waals surface area (Å²) in [6.45, 7) is 10.6. The van der Waals surface area contributed by atoms with E-state index in [1.54, 1.807) is 38.1 Å². The number of hydrogen-bond acceptors (Lipinski definition) is 6. The molecule has 0 spiro atoms. The highest BCUT2D eigenvalue weighted by Gasteiger charge is 2.33. The fourth-order valence-electron chi connectivity index (χ4n) is 3.92. The van der Waals surface area contributed by atoms with E-state index in [2.05, 4.69) is 11.3 Å². The predicted octanol–water partition coefficient (Wildman–Crippen LogP) is 6.41. The number of alkyl halides is 3. The molecule has 0 N–H and O–H groups in total. The van der Waals surface area contributed by atoms with Crippen LogP contribution < -0.4 is 15.1 Å². The van der Waals surface area contributed by atoms with Gasteiger partial charge in [0, 0.05) is 23.9 Å². The predicted molar refractivity (Wildman–Crippen MR) is 124 cm³/mol. The second kappa shape index (κ2) is 9.48. The van der Waals surface area contributed by atoms with Crippen molar-refractivity contribution in [1.82, 2.24) is 0 Å². The van der Waals surface area contributed by atoms with Gasteiger partial charge in [-0.05, 0) is 63.6 Å². The van der Waals surface area contributed by atoms with Crippen LogP contribution in [0.4, 0.5) is 13.2 Å². The van der Waals surface area contributed by atoms with Crippen LogP contribution in [-0.4, -0.2) is 23.5 Å². The molecule has 0 fully saturated rings. The van der Waals surface area contributed by atoms with Crippen molar-refractivity contribution in [1.29, 1.82) is 0 Å². The van der Waals surface area contributed by atoms with Gasteiger partial charge in [0.15, 0.2) is 0 Å². The highest BCUT2D eigenvalue weighted by Crippen LogP contribution is 2.31. The van der Waals surface area contributed by atoms with Crippen molar-refractivity contribution in [2.24, 2.45) is 0 Å². The smallest absolute Gasteiger partial charge is 0.488 e. The van der Waals surface area contributed by atoms with Crippen LogP contribution in [0.2, 0.25) is 0 Å². The third kappa shape index (κ3) is 7.11. The third-order valence-corrected chi connectivity index (χ3v) is 4.90. The summed E-state index contributed by atoms with van der Waals surface area (Å²) in [5, 5.41) is 0.598. The molecule has 0 bridgehead atoms. The number of fused-ring (bicyclic) bond motifs is 1. The van der Waals surface area contributed by atoms with Gasteiger partial charge in [0.05, 0.1) is 5.56 Å². The minimum absolute atomic E-state index is 0.191. The Hall–Kier alpha value is -3.75. The number of hydrogen-bond donors (Lipinski definition) is 0. The Morgan fingerprint density at radius 2 is 1.57 bits per heavy atom. The number of carbonyl (C=O) groups excluding carboxylic acids is 1. The summed E-state index contributed by atoms with van der Waals surface area (Å²) in [6.07, 6.45) is -3.34. The van der Waals surface area contributed by atoms with Crippen LogP contribution in [0, 0.1) is 0 Å². The lowest BCUT2D eigenvalue weighted by molar-refractivity contribution is -0.274. The van der Waals surface area contributed by atoms with Gasteiger partial charge < -0.3 is 18.6 Å². The van der Waals surface area contributed by atoms with Gasteiger partial charge in [0.1, 0.15) is 28.3 Å². The first-order valence-corrected chi connectivity index (χ1v) is 10.6. The normalized spacial score (nSPS) is 12.3. The molecule has 186 valence electrons. The maximum absolute atomic E-state index is 12.6. The first kappa shape index (κ1) is 25.9. The standard InChI is InChI=1S/C26H25F3O6/c1-6-22(30)35-25(4,5)15-24(2,3)33-19-12-9-17-13-20(23(31)32-21(17)14-19)16-7-10-18(11-8-16)34-26(27,28)29/h6-14H,1,15H2,2-5H3. The first-order valence-electron chi connectivity index (χ1n) is 10.6. The maximum Gasteiger partial charge on any atom is 0.573 e. The van der Waals surface area contributed by atoms with Crippen molar-refractivity contribution in [2.45, 2.75) is 51.7 Å². The Balaban J connectivity index is 1.82. The van der Waals surface area contributed by atoms with E-state index in [0.29, 0.717) is 23.1 Å². The Morgan fingerprint density at radius 3 is 2.17 bits per heavy atom. The molecule has 0 amide bonds. The van der Waals surface area contributed by atoms with Crippen molar-refractivity contribution in [2.75, 3.05) is 0 Å². The molecule has 0 atom stereocenters. The van der Waals surface area contributed by atoms with E-state index in [9.17, 15) is 22.8 Å². The van der Waals surface area contributed by atoms with Crippen LogP contribution in [-0.2, 0) is 9.53 Å². The van der Waals surface area contributed by atoms with Gasteiger partial charge in [-0.3, -0.25) is 0 Å². The third-order valence-electron chi connectivity index (χ3n) is 4.90. The number of halogens is 3. The van der Waals surface area contributed by atoms with E-state index in [4.69, 9.17) is 13.9 Å². The van der Waals surface area contributed by atoms with Crippen LogP contribution in [0.3, 0.4) is 0 Å². The summed E-state index contributed by atoms with van der Waals surface area (Å²) >= 11 is 0. The first-order chi connectivity index (χ1) is 16.2. The van der Waals surface area contributed by atoms with Crippen molar-refractivity contribution in [3.8, 4) is 22.6 Å². The van der Waals surface area contributed by atoms with E-state index in [-0.39, 0.29) is 11.1 Å². The molecule has 9 heteroatoms. The van der Waals surface area contributed by atoms with Gasteiger partial charge >= 0.3 is 18.0 Å².